The van der Waals surface area contributed by atoms with E-state index in [1.807, 2.05) is 68.4 Å². The lowest BCUT2D eigenvalue weighted by Crippen LogP contribution is -2.07. The normalized spacial score (nSPS) is 11.0. The highest BCUT2D eigenvalue weighted by molar-refractivity contribution is 5.81. The van der Waals surface area contributed by atoms with E-state index in [9.17, 15) is 0 Å². The van der Waals surface area contributed by atoms with E-state index in [-0.39, 0.29) is 0 Å². The van der Waals surface area contributed by atoms with E-state index in [0.29, 0.717) is 17.9 Å². The molecule has 2 heterocycles. The summed E-state index contributed by atoms with van der Waals surface area (Å²) in [6.45, 7) is 2.02. The number of anilines is 3. The molecule has 0 atom stereocenters. The zero-order valence-electron chi connectivity index (χ0n) is 14.2. The Hall–Kier alpha value is -3.35. The maximum atomic E-state index is 5.69. The van der Waals surface area contributed by atoms with Gasteiger partial charge in [0.05, 0.1) is 11.0 Å². The van der Waals surface area contributed by atoms with Gasteiger partial charge in [-0.1, -0.05) is 17.2 Å². The number of aromatic amines is 1. The molecular weight excluding hydrogens is 316 g/mol. The molecule has 2 aromatic carbocycles. The summed E-state index contributed by atoms with van der Waals surface area (Å²) in [6.07, 6.45) is 0. The molecule has 0 aliphatic heterocycles. The number of fused-ring (bicyclic) bond motifs is 1. The van der Waals surface area contributed by atoms with Crippen LogP contribution in [0.4, 0.5) is 17.7 Å². The molecule has 0 amide bonds. The summed E-state index contributed by atoms with van der Waals surface area (Å²) in [6, 6.07) is 14.2. The van der Waals surface area contributed by atoms with Crippen LogP contribution in [0.2, 0.25) is 0 Å². The van der Waals surface area contributed by atoms with Crippen LogP contribution in [0.3, 0.4) is 0 Å². The first-order chi connectivity index (χ1) is 12.1. The Kier molecular flexibility index (Phi) is 3.61. The van der Waals surface area contributed by atoms with Crippen molar-refractivity contribution in [2.24, 2.45) is 0 Å². The highest BCUT2D eigenvalue weighted by Gasteiger charge is 2.11. The second kappa shape index (κ2) is 5.94. The Morgan fingerprint density at radius 2 is 1.84 bits per heavy atom. The van der Waals surface area contributed by atoms with Crippen molar-refractivity contribution in [3.05, 3.63) is 48.0 Å². The van der Waals surface area contributed by atoms with Gasteiger partial charge in [0, 0.05) is 25.3 Å². The van der Waals surface area contributed by atoms with Crippen molar-refractivity contribution >= 4 is 28.7 Å². The maximum Gasteiger partial charge on any atom is 0.322 e. The lowest BCUT2D eigenvalue weighted by Gasteiger charge is -2.11. The van der Waals surface area contributed by atoms with E-state index < -0.39 is 0 Å². The number of aryl methyl sites for hydroxylation is 1. The van der Waals surface area contributed by atoms with Gasteiger partial charge in [0.1, 0.15) is 0 Å². The van der Waals surface area contributed by atoms with E-state index in [1.165, 1.54) is 0 Å². The zero-order valence-corrected chi connectivity index (χ0v) is 14.2. The van der Waals surface area contributed by atoms with Crippen molar-refractivity contribution in [2.45, 2.75) is 6.92 Å². The van der Waals surface area contributed by atoms with Crippen LogP contribution in [0.25, 0.3) is 22.5 Å². The first-order valence-electron chi connectivity index (χ1n) is 7.94. The molecule has 25 heavy (non-hydrogen) atoms. The summed E-state index contributed by atoms with van der Waals surface area (Å²) in [5.41, 5.74) is 4.96. The summed E-state index contributed by atoms with van der Waals surface area (Å²) in [7, 11) is 4.00. The largest absolute Gasteiger partial charge is 0.403 e. The average Bonchev–Trinajstić information content (AvgIpc) is 3.23. The molecule has 0 aliphatic carbocycles. The fraction of sp³-hybridized carbons (Fsp3) is 0.167. The first-order valence-corrected chi connectivity index (χ1v) is 7.94. The summed E-state index contributed by atoms with van der Waals surface area (Å²) in [4.78, 5) is 9.75. The highest BCUT2D eigenvalue weighted by Crippen LogP contribution is 2.24. The summed E-state index contributed by atoms with van der Waals surface area (Å²) in [5, 5.41) is 11.2. The number of rotatable bonds is 4. The Morgan fingerprint density at radius 3 is 2.56 bits per heavy atom. The van der Waals surface area contributed by atoms with Gasteiger partial charge in [-0.15, -0.1) is 5.10 Å². The lowest BCUT2D eigenvalue weighted by molar-refractivity contribution is 0.587. The van der Waals surface area contributed by atoms with Crippen molar-refractivity contribution in [2.75, 3.05) is 24.3 Å². The van der Waals surface area contributed by atoms with Gasteiger partial charge >= 0.3 is 6.01 Å². The number of nitrogens with one attached hydrogen (secondary N) is 2. The first kappa shape index (κ1) is 15.2. The molecule has 2 aromatic heterocycles. The fourth-order valence-corrected chi connectivity index (χ4v) is 2.63. The minimum atomic E-state index is 0.295. The van der Waals surface area contributed by atoms with Crippen LogP contribution in [0.5, 0.6) is 0 Å². The van der Waals surface area contributed by atoms with E-state index in [4.69, 9.17) is 4.42 Å². The Labute approximate surface area is 144 Å². The van der Waals surface area contributed by atoms with Crippen molar-refractivity contribution in [3.8, 4) is 11.5 Å². The molecular formula is C18H18N6O. The van der Waals surface area contributed by atoms with Gasteiger partial charge in [-0.05, 0) is 42.8 Å². The van der Waals surface area contributed by atoms with E-state index in [2.05, 4.69) is 25.5 Å². The number of imidazole rings is 1. The number of H-pyrrole nitrogens is 1. The second-order valence-electron chi connectivity index (χ2n) is 6.04. The van der Waals surface area contributed by atoms with Gasteiger partial charge in [-0.25, -0.2) is 4.98 Å². The molecule has 0 spiro atoms. The van der Waals surface area contributed by atoms with Gasteiger partial charge < -0.3 is 14.3 Å². The minimum absolute atomic E-state index is 0.295. The van der Waals surface area contributed by atoms with Crippen LogP contribution in [0.15, 0.2) is 46.9 Å². The quantitative estimate of drug-likeness (QED) is 0.592. The number of nitrogens with zero attached hydrogens (tertiary/aromatic N) is 4. The Balaban J connectivity index is 1.57. The van der Waals surface area contributed by atoms with Crippen molar-refractivity contribution in [3.63, 3.8) is 0 Å². The van der Waals surface area contributed by atoms with Crippen LogP contribution >= 0.6 is 0 Å². The molecule has 2 N–H and O–H groups in total. The van der Waals surface area contributed by atoms with Gasteiger partial charge in [0.2, 0.25) is 11.8 Å². The summed E-state index contributed by atoms with van der Waals surface area (Å²) < 4.78 is 5.69. The summed E-state index contributed by atoms with van der Waals surface area (Å²) >= 11 is 0. The molecule has 7 nitrogen and oxygen atoms in total. The second-order valence-corrected chi connectivity index (χ2v) is 6.04. The molecule has 0 saturated heterocycles. The van der Waals surface area contributed by atoms with Gasteiger partial charge in [-0.2, -0.15) is 0 Å². The highest BCUT2D eigenvalue weighted by atomic mass is 16.4. The van der Waals surface area contributed by atoms with Gasteiger partial charge in [-0.3, -0.25) is 5.32 Å². The van der Waals surface area contributed by atoms with Gasteiger partial charge in [0.15, 0.2) is 0 Å². The third-order valence-electron chi connectivity index (χ3n) is 4.00. The Bertz CT molecular complexity index is 1020. The maximum absolute atomic E-state index is 5.69. The number of hydrogen-bond donors (Lipinski definition) is 2. The summed E-state index contributed by atoms with van der Waals surface area (Å²) in [5.74, 6) is 1.03. The molecule has 7 heteroatoms. The van der Waals surface area contributed by atoms with Crippen LogP contribution in [-0.4, -0.2) is 34.3 Å². The lowest BCUT2D eigenvalue weighted by atomic mass is 10.2. The molecule has 0 radical (unpaired) electrons. The topological polar surface area (TPSA) is 82.9 Å². The molecule has 0 bridgehead atoms. The third-order valence-corrected chi connectivity index (χ3v) is 4.00. The van der Waals surface area contributed by atoms with E-state index in [0.717, 1.165) is 27.8 Å². The predicted octanol–water partition coefficient (Wildman–Crippen LogP) is 3.73. The smallest absolute Gasteiger partial charge is 0.322 e. The van der Waals surface area contributed by atoms with Crippen LogP contribution < -0.4 is 10.2 Å². The van der Waals surface area contributed by atoms with Crippen molar-refractivity contribution in [1.82, 2.24) is 20.2 Å². The molecule has 4 rings (SSSR count). The van der Waals surface area contributed by atoms with Crippen LogP contribution in [0, 0.1) is 6.92 Å². The fourth-order valence-electron chi connectivity index (χ4n) is 2.63. The number of hydrogen-bond acceptors (Lipinski definition) is 6. The third kappa shape index (κ3) is 2.91. The molecule has 4 aromatic rings. The molecule has 0 fully saturated rings. The van der Waals surface area contributed by atoms with Gasteiger partial charge in [0.25, 0.3) is 0 Å². The average molecular weight is 334 g/mol. The number of aromatic nitrogens is 4. The number of para-hydroxylation sites is 1. The minimum Gasteiger partial charge on any atom is -0.403 e. The monoisotopic (exact) mass is 334 g/mol. The standard InChI is InChI=1S/C18H18N6O/c1-11-5-4-6-14-15(11)20-17(19-14)21-18-23-22-16(25-18)12-7-9-13(10-8-12)24(2)3/h4-10H,1-3H3,(H2,19,20,21,23). The molecule has 0 unspecified atom stereocenters. The molecule has 126 valence electrons. The van der Waals surface area contributed by atoms with Crippen molar-refractivity contribution in [1.29, 1.82) is 0 Å². The molecule has 0 saturated carbocycles. The zero-order chi connectivity index (χ0) is 17.4. The van der Waals surface area contributed by atoms with E-state index >= 15 is 0 Å². The van der Waals surface area contributed by atoms with Crippen molar-refractivity contribution < 1.29 is 4.42 Å². The SMILES string of the molecule is Cc1cccc2[nH]c(Nc3nnc(-c4ccc(N(C)C)cc4)o3)nc12. The predicted molar refractivity (Wildman–Crippen MR) is 98.2 cm³/mol. The number of benzene rings is 2. The van der Waals surface area contributed by atoms with Crippen LogP contribution in [-0.2, 0) is 0 Å². The Morgan fingerprint density at radius 1 is 1.04 bits per heavy atom. The van der Waals surface area contributed by atoms with E-state index in [1.54, 1.807) is 0 Å². The molecule has 0 aliphatic rings. The van der Waals surface area contributed by atoms with Crippen LogP contribution in [0.1, 0.15) is 5.56 Å².